The maximum Gasteiger partial charge on any atom is 0.254 e. The van der Waals surface area contributed by atoms with E-state index in [0.717, 1.165) is 30.0 Å². The molecule has 2 heterocycles. The van der Waals surface area contributed by atoms with E-state index >= 15 is 0 Å². The molecule has 1 N–H and O–H groups in total. The number of nitrogens with one attached hydrogen (secondary N) is 1. The normalized spacial score (nSPS) is 19.6. The van der Waals surface area contributed by atoms with Gasteiger partial charge in [-0.15, -0.1) is 0 Å². The molecule has 0 saturated carbocycles. The van der Waals surface area contributed by atoms with E-state index in [9.17, 15) is 9.59 Å². The van der Waals surface area contributed by atoms with Crippen molar-refractivity contribution in [1.82, 2.24) is 9.80 Å². The molecule has 0 spiro atoms. The van der Waals surface area contributed by atoms with Gasteiger partial charge in [-0.2, -0.15) is 0 Å². The zero-order valence-corrected chi connectivity index (χ0v) is 22.2. The van der Waals surface area contributed by atoms with E-state index in [1.165, 1.54) is 0 Å². The van der Waals surface area contributed by atoms with Crippen molar-refractivity contribution in [2.75, 3.05) is 51.3 Å². The standard InChI is InChI=1S/C30H32ClN3O4/c1-2-38-24-12-10-21(11-13-24)28-27(29(35)32-23-7-5-6-22(31)20-23)25-8-3-4-9-26(25)30(36)34(28)15-14-33-16-18-37-19-17-33/h3-13,20,27-28H,2,14-19H2,1H3,(H,32,35)/t27-,28+/m1/s1. The Bertz CT molecular complexity index is 1280. The minimum absolute atomic E-state index is 0.0699. The van der Waals surface area contributed by atoms with E-state index in [4.69, 9.17) is 21.1 Å². The van der Waals surface area contributed by atoms with Crippen LogP contribution in [0.15, 0.2) is 72.8 Å². The minimum Gasteiger partial charge on any atom is -0.494 e. The number of halogens is 1. The topological polar surface area (TPSA) is 71.1 Å². The van der Waals surface area contributed by atoms with E-state index < -0.39 is 12.0 Å². The number of rotatable bonds is 8. The van der Waals surface area contributed by atoms with Crippen molar-refractivity contribution in [1.29, 1.82) is 0 Å². The number of hydrogen-bond donors (Lipinski definition) is 1. The number of fused-ring (bicyclic) bond motifs is 1. The number of anilines is 1. The zero-order valence-electron chi connectivity index (χ0n) is 21.4. The SMILES string of the molecule is CCOc1ccc([C@H]2[C@H](C(=O)Nc3cccc(Cl)c3)c3ccccc3C(=O)N2CCN2CCOCC2)cc1. The van der Waals surface area contributed by atoms with Crippen LogP contribution in [0.5, 0.6) is 5.75 Å². The molecular formula is C30H32ClN3O4. The van der Waals surface area contributed by atoms with Crippen LogP contribution in [0, 0.1) is 0 Å². The first-order valence-electron chi connectivity index (χ1n) is 13.0. The number of amides is 2. The maximum atomic E-state index is 14.0. The van der Waals surface area contributed by atoms with Gasteiger partial charge in [0.15, 0.2) is 0 Å². The molecule has 5 rings (SSSR count). The summed E-state index contributed by atoms with van der Waals surface area (Å²) in [6.07, 6.45) is 0. The van der Waals surface area contributed by atoms with Gasteiger partial charge < -0.3 is 19.7 Å². The molecule has 2 aliphatic heterocycles. The highest BCUT2D eigenvalue weighted by molar-refractivity contribution is 6.30. The van der Waals surface area contributed by atoms with Gasteiger partial charge in [0.1, 0.15) is 5.75 Å². The monoisotopic (exact) mass is 533 g/mol. The average molecular weight is 534 g/mol. The molecular weight excluding hydrogens is 502 g/mol. The predicted molar refractivity (Wildman–Crippen MR) is 148 cm³/mol. The Morgan fingerprint density at radius 2 is 1.79 bits per heavy atom. The molecule has 0 bridgehead atoms. The summed E-state index contributed by atoms with van der Waals surface area (Å²) in [5, 5.41) is 3.59. The summed E-state index contributed by atoms with van der Waals surface area (Å²) in [6, 6.07) is 21.7. The summed E-state index contributed by atoms with van der Waals surface area (Å²) in [5.74, 6) is -0.133. The quantitative estimate of drug-likeness (QED) is 0.442. The summed E-state index contributed by atoms with van der Waals surface area (Å²) < 4.78 is 11.2. The largest absolute Gasteiger partial charge is 0.494 e. The maximum absolute atomic E-state index is 14.0. The molecule has 2 aliphatic rings. The number of hydrogen-bond acceptors (Lipinski definition) is 5. The Morgan fingerprint density at radius 3 is 2.53 bits per heavy atom. The van der Waals surface area contributed by atoms with Gasteiger partial charge in [0.2, 0.25) is 5.91 Å². The van der Waals surface area contributed by atoms with Gasteiger partial charge in [-0.25, -0.2) is 0 Å². The third-order valence-electron chi connectivity index (χ3n) is 7.11. The van der Waals surface area contributed by atoms with Gasteiger partial charge >= 0.3 is 0 Å². The van der Waals surface area contributed by atoms with Gasteiger partial charge in [-0.05, 0) is 54.4 Å². The van der Waals surface area contributed by atoms with Crippen molar-refractivity contribution in [2.24, 2.45) is 0 Å². The van der Waals surface area contributed by atoms with Gasteiger partial charge in [0.05, 0.1) is 31.8 Å². The van der Waals surface area contributed by atoms with Crippen LogP contribution >= 0.6 is 11.6 Å². The lowest BCUT2D eigenvalue weighted by Gasteiger charge is -2.42. The molecule has 38 heavy (non-hydrogen) atoms. The van der Waals surface area contributed by atoms with Crippen LogP contribution < -0.4 is 10.1 Å². The molecule has 2 amide bonds. The minimum atomic E-state index is -0.620. The van der Waals surface area contributed by atoms with E-state index in [1.807, 2.05) is 66.4 Å². The Hall–Kier alpha value is -3.39. The van der Waals surface area contributed by atoms with Crippen LogP contribution in [0.3, 0.4) is 0 Å². The van der Waals surface area contributed by atoms with Crippen LogP contribution in [0.25, 0.3) is 0 Å². The molecule has 1 fully saturated rings. The molecule has 0 aliphatic carbocycles. The highest BCUT2D eigenvalue weighted by atomic mass is 35.5. The van der Waals surface area contributed by atoms with Crippen LogP contribution in [0.2, 0.25) is 5.02 Å². The van der Waals surface area contributed by atoms with E-state index in [-0.39, 0.29) is 11.8 Å². The van der Waals surface area contributed by atoms with Crippen LogP contribution in [-0.2, 0) is 9.53 Å². The van der Waals surface area contributed by atoms with Crippen molar-refractivity contribution >= 4 is 29.1 Å². The zero-order chi connectivity index (χ0) is 26.5. The number of ether oxygens (including phenoxy) is 2. The van der Waals surface area contributed by atoms with Crippen LogP contribution in [-0.4, -0.2) is 67.6 Å². The molecule has 8 heteroatoms. The summed E-state index contributed by atoms with van der Waals surface area (Å²) in [5.41, 5.74) is 2.77. The van der Waals surface area contributed by atoms with Crippen molar-refractivity contribution in [2.45, 2.75) is 18.9 Å². The van der Waals surface area contributed by atoms with Gasteiger partial charge in [0, 0.05) is 42.5 Å². The summed E-state index contributed by atoms with van der Waals surface area (Å²) in [6.45, 7) is 6.71. The number of morpholine rings is 1. The third-order valence-corrected chi connectivity index (χ3v) is 7.34. The lowest BCUT2D eigenvalue weighted by Crippen LogP contribution is -2.49. The lowest BCUT2D eigenvalue weighted by molar-refractivity contribution is -0.119. The Balaban J connectivity index is 1.55. The Labute approximate surface area is 228 Å². The molecule has 7 nitrogen and oxygen atoms in total. The highest BCUT2D eigenvalue weighted by Crippen LogP contribution is 2.43. The second kappa shape index (κ2) is 12.0. The average Bonchev–Trinajstić information content (AvgIpc) is 2.93. The first-order valence-corrected chi connectivity index (χ1v) is 13.4. The van der Waals surface area contributed by atoms with Crippen molar-refractivity contribution in [3.05, 3.63) is 94.5 Å². The van der Waals surface area contributed by atoms with Gasteiger partial charge in [-0.1, -0.05) is 48.0 Å². The van der Waals surface area contributed by atoms with E-state index in [1.54, 1.807) is 18.2 Å². The first kappa shape index (κ1) is 26.2. The highest BCUT2D eigenvalue weighted by Gasteiger charge is 2.44. The van der Waals surface area contributed by atoms with Gasteiger partial charge in [0.25, 0.3) is 5.91 Å². The summed E-state index contributed by atoms with van der Waals surface area (Å²) >= 11 is 6.19. The summed E-state index contributed by atoms with van der Waals surface area (Å²) in [7, 11) is 0. The molecule has 0 aromatic heterocycles. The fourth-order valence-corrected chi connectivity index (χ4v) is 5.47. The second-order valence-corrected chi connectivity index (χ2v) is 9.90. The van der Waals surface area contributed by atoms with Crippen molar-refractivity contribution in [3.63, 3.8) is 0 Å². The lowest BCUT2D eigenvalue weighted by atomic mass is 9.79. The molecule has 2 atom stereocenters. The first-order chi connectivity index (χ1) is 18.5. The fourth-order valence-electron chi connectivity index (χ4n) is 5.28. The Kier molecular flexibility index (Phi) is 8.27. The molecule has 0 radical (unpaired) electrons. The van der Waals surface area contributed by atoms with Crippen molar-refractivity contribution in [3.8, 4) is 5.75 Å². The predicted octanol–water partition coefficient (Wildman–Crippen LogP) is 4.99. The number of carbonyl (C=O) groups excluding carboxylic acids is 2. The van der Waals surface area contributed by atoms with Crippen molar-refractivity contribution < 1.29 is 19.1 Å². The van der Waals surface area contributed by atoms with E-state index in [0.29, 0.717) is 49.2 Å². The van der Waals surface area contributed by atoms with Gasteiger partial charge in [-0.3, -0.25) is 14.5 Å². The van der Waals surface area contributed by atoms with Crippen LogP contribution in [0.4, 0.5) is 5.69 Å². The molecule has 3 aromatic carbocycles. The number of nitrogens with zero attached hydrogens (tertiary/aromatic N) is 2. The molecule has 198 valence electrons. The van der Waals surface area contributed by atoms with Crippen LogP contribution in [0.1, 0.15) is 40.4 Å². The molecule has 3 aromatic rings. The summed E-state index contributed by atoms with van der Waals surface area (Å²) in [4.78, 5) is 32.1. The fraction of sp³-hybridized carbons (Fsp3) is 0.333. The second-order valence-electron chi connectivity index (χ2n) is 9.46. The number of benzene rings is 3. The van der Waals surface area contributed by atoms with E-state index in [2.05, 4.69) is 10.2 Å². The molecule has 0 unspecified atom stereocenters. The molecule has 1 saturated heterocycles. The smallest absolute Gasteiger partial charge is 0.254 e. The Morgan fingerprint density at radius 1 is 1.03 bits per heavy atom. The third kappa shape index (κ3) is 5.70. The number of carbonyl (C=O) groups is 2.